The summed E-state index contributed by atoms with van der Waals surface area (Å²) in [5, 5.41) is 3.31. The molecule has 104 valence electrons. The largest absolute Gasteiger partial charge is 0.493 e. The summed E-state index contributed by atoms with van der Waals surface area (Å²) in [7, 11) is 0. The number of piperidine rings is 1. The van der Waals surface area contributed by atoms with Gasteiger partial charge in [0.15, 0.2) is 0 Å². The molecule has 3 rings (SSSR count). The number of alkyl halides is 1. The zero-order valence-corrected chi connectivity index (χ0v) is 11.5. The van der Waals surface area contributed by atoms with Gasteiger partial charge in [-0.15, -0.1) is 0 Å². The van der Waals surface area contributed by atoms with Gasteiger partial charge in [-0.05, 0) is 44.7 Å². The van der Waals surface area contributed by atoms with Crippen LogP contribution in [0.4, 0.5) is 4.39 Å². The molecule has 1 aromatic carbocycles. The molecule has 0 amide bonds. The maximum Gasteiger partial charge on any atom is 0.140 e. The van der Waals surface area contributed by atoms with Gasteiger partial charge >= 0.3 is 0 Å². The SMILES string of the molecule is CC(F)(c1cccc2c1OCCC2)C1CCCNC1. The fourth-order valence-electron chi connectivity index (χ4n) is 3.31. The van der Waals surface area contributed by atoms with Crippen LogP contribution < -0.4 is 10.1 Å². The molecule has 1 saturated heterocycles. The normalized spacial score (nSPS) is 26.1. The molecule has 1 fully saturated rings. The molecule has 0 aromatic heterocycles. The number of nitrogens with one attached hydrogen (secondary N) is 1. The van der Waals surface area contributed by atoms with Crippen LogP contribution >= 0.6 is 0 Å². The molecule has 0 radical (unpaired) electrons. The third-order valence-electron chi connectivity index (χ3n) is 4.52. The average Bonchev–Trinajstić information content (AvgIpc) is 2.47. The Morgan fingerprint density at radius 1 is 1.37 bits per heavy atom. The minimum Gasteiger partial charge on any atom is -0.493 e. The van der Waals surface area contributed by atoms with Crippen LogP contribution in [-0.2, 0) is 12.1 Å². The van der Waals surface area contributed by atoms with Crippen LogP contribution in [0.5, 0.6) is 5.75 Å². The Balaban J connectivity index is 1.95. The molecule has 0 saturated carbocycles. The highest BCUT2D eigenvalue weighted by Crippen LogP contribution is 2.44. The monoisotopic (exact) mass is 263 g/mol. The van der Waals surface area contributed by atoms with Crippen LogP contribution in [0.15, 0.2) is 18.2 Å². The minimum absolute atomic E-state index is 0.0401. The van der Waals surface area contributed by atoms with Crippen LogP contribution in [0, 0.1) is 5.92 Å². The third-order valence-corrected chi connectivity index (χ3v) is 4.52. The first-order valence-corrected chi connectivity index (χ1v) is 7.34. The first kappa shape index (κ1) is 12.9. The number of fused-ring (bicyclic) bond motifs is 1. The summed E-state index contributed by atoms with van der Waals surface area (Å²) in [5.41, 5.74) is 0.602. The van der Waals surface area contributed by atoms with Gasteiger partial charge in [-0.1, -0.05) is 18.2 Å². The van der Waals surface area contributed by atoms with Gasteiger partial charge < -0.3 is 10.1 Å². The molecule has 19 heavy (non-hydrogen) atoms. The Morgan fingerprint density at radius 2 is 2.26 bits per heavy atom. The van der Waals surface area contributed by atoms with Crippen LogP contribution in [0.1, 0.15) is 37.3 Å². The second-order valence-corrected chi connectivity index (χ2v) is 5.86. The lowest BCUT2D eigenvalue weighted by atomic mass is 9.79. The third kappa shape index (κ3) is 2.36. The Morgan fingerprint density at radius 3 is 3.05 bits per heavy atom. The highest BCUT2D eigenvalue weighted by molar-refractivity contribution is 5.46. The van der Waals surface area contributed by atoms with Gasteiger partial charge in [-0.2, -0.15) is 0 Å². The average molecular weight is 263 g/mol. The zero-order valence-electron chi connectivity index (χ0n) is 11.5. The summed E-state index contributed by atoms with van der Waals surface area (Å²) in [6.07, 6.45) is 4.04. The van der Waals surface area contributed by atoms with E-state index in [0.717, 1.165) is 55.6 Å². The lowest BCUT2D eigenvalue weighted by molar-refractivity contribution is 0.0765. The van der Waals surface area contributed by atoms with E-state index in [1.165, 1.54) is 0 Å². The van der Waals surface area contributed by atoms with Crippen LogP contribution in [-0.4, -0.2) is 19.7 Å². The molecule has 1 aromatic rings. The van der Waals surface area contributed by atoms with Crippen molar-refractivity contribution in [3.8, 4) is 5.75 Å². The fraction of sp³-hybridized carbons (Fsp3) is 0.625. The maximum atomic E-state index is 15.4. The molecule has 2 heterocycles. The van der Waals surface area contributed by atoms with Crippen molar-refractivity contribution < 1.29 is 9.13 Å². The van der Waals surface area contributed by atoms with Crippen molar-refractivity contribution in [3.05, 3.63) is 29.3 Å². The Labute approximate surface area is 114 Å². The summed E-state index contributed by atoms with van der Waals surface area (Å²) in [5.74, 6) is 0.850. The van der Waals surface area contributed by atoms with Crippen LogP contribution in [0.3, 0.4) is 0 Å². The second kappa shape index (κ2) is 5.12. The van der Waals surface area contributed by atoms with E-state index in [4.69, 9.17) is 4.74 Å². The smallest absolute Gasteiger partial charge is 0.140 e. The first-order valence-electron chi connectivity index (χ1n) is 7.34. The van der Waals surface area contributed by atoms with Crippen molar-refractivity contribution in [1.29, 1.82) is 0 Å². The molecule has 1 N–H and O–H groups in total. The van der Waals surface area contributed by atoms with Gasteiger partial charge in [0.2, 0.25) is 0 Å². The number of halogens is 1. The van der Waals surface area contributed by atoms with Crippen molar-refractivity contribution in [2.75, 3.05) is 19.7 Å². The number of hydrogen-bond acceptors (Lipinski definition) is 2. The molecule has 3 heteroatoms. The van der Waals surface area contributed by atoms with Crippen molar-refractivity contribution in [2.24, 2.45) is 5.92 Å². The number of aryl methyl sites for hydroxylation is 1. The number of hydrogen-bond donors (Lipinski definition) is 1. The quantitative estimate of drug-likeness (QED) is 0.884. The van der Waals surface area contributed by atoms with E-state index in [1.807, 2.05) is 12.1 Å². The highest BCUT2D eigenvalue weighted by atomic mass is 19.1. The van der Waals surface area contributed by atoms with E-state index >= 15 is 4.39 Å². The topological polar surface area (TPSA) is 21.3 Å². The minimum atomic E-state index is -1.31. The van der Waals surface area contributed by atoms with Gasteiger partial charge in [0.1, 0.15) is 11.4 Å². The van der Waals surface area contributed by atoms with E-state index in [0.29, 0.717) is 6.61 Å². The lowest BCUT2D eigenvalue weighted by Gasteiger charge is -2.36. The van der Waals surface area contributed by atoms with E-state index in [9.17, 15) is 0 Å². The molecule has 0 bridgehead atoms. The fourth-order valence-corrected chi connectivity index (χ4v) is 3.31. The summed E-state index contributed by atoms with van der Waals surface area (Å²) < 4.78 is 21.1. The van der Waals surface area contributed by atoms with Crippen molar-refractivity contribution in [2.45, 2.75) is 38.3 Å². The summed E-state index contributed by atoms with van der Waals surface area (Å²) in [4.78, 5) is 0. The lowest BCUT2D eigenvalue weighted by Crippen LogP contribution is -2.40. The molecule has 2 unspecified atom stereocenters. The molecular formula is C16H22FNO. The number of ether oxygens (including phenoxy) is 1. The summed E-state index contributed by atoms with van der Waals surface area (Å²) in [6.45, 7) is 4.20. The molecule has 0 spiro atoms. The van der Waals surface area contributed by atoms with Gasteiger partial charge in [0.25, 0.3) is 0 Å². The van der Waals surface area contributed by atoms with E-state index in [2.05, 4.69) is 11.4 Å². The van der Waals surface area contributed by atoms with Gasteiger partial charge in [0, 0.05) is 18.0 Å². The summed E-state index contributed by atoms with van der Waals surface area (Å²) in [6, 6.07) is 5.93. The van der Waals surface area contributed by atoms with E-state index < -0.39 is 5.67 Å². The maximum absolute atomic E-state index is 15.4. The highest BCUT2D eigenvalue weighted by Gasteiger charge is 2.39. The molecule has 2 aliphatic rings. The van der Waals surface area contributed by atoms with E-state index in [1.54, 1.807) is 6.92 Å². The predicted molar refractivity (Wildman–Crippen MR) is 74.3 cm³/mol. The number of benzene rings is 1. The Bertz CT molecular complexity index is 452. The van der Waals surface area contributed by atoms with Crippen LogP contribution in [0.2, 0.25) is 0 Å². The Hall–Kier alpha value is -1.09. The van der Waals surface area contributed by atoms with Crippen LogP contribution in [0.25, 0.3) is 0 Å². The molecular weight excluding hydrogens is 241 g/mol. The number of rotatable bonds is 2. The summed E-state index contributed by atoms with van der Waals surface area (Å²) >= 11 is 0. The van der Waals surface area contributed by atoms with Gasteiger partial charge in [-0.25, -0.2) is 4.39 Å². The zero-order chi connectivity index (χ0) is 13.3. The van der Waals surface area contributed by atoms with Crippen molar-refractivity contribution >= 4 is 0 Å². The van der Waals surface area contributed by atoms with Gasteiger partial charge in [-0.3, -0.25) is 0 Å². The van der Waals surface area contributed by atoms with E-state index in [-0.39, 0.29) is 5.92 Å². The second-order valence-electron chi connectivity index (χ2n) is 5.86. The van der Waals surface area contributed by atoms with Crippen molar-refractivity contribution in [1.82, 2.24) is 5.32 Å². The Kier molecular flexibility index (Phi) is 3.48. The standard InChI is InChI=1S/C16H22FNO/c1-16(17,13-7-3-9-18-11-13)14-8-2-5-12-6-4-10-19-15(12)14/h2,5,8,13,18H,3-4,6-7,9-11H2,1H3. The van der Waals surface area contributed by atoms with Gasteiger partial charge in [0.05, 0.1) is 6.61 Å². The molecule has 2 aliphatic heterocycles. The predicted octanol–water partition coefficient (Wildman–Crippen LogP) is 3.20. The first-order chi connectivity index (χ1) is 9.19. The molecule has 2 atom stereocenters. The molecule has 0 aliphatic carbocycles. The number of para-hydroxylation sites is 1. The molecule has 2 nitrogen and oxygen atoms in total. The van der Waals surface area contributed by atoms with Crippen molar-refractivity contribution in [3.63, 3.8) is 0 Å².